The van der Waals surface area contributed by atoms with E-state index in [0.717, 1.165) is 0 Å². The molecule has 0 aromatic heterocycles. The van der Waals surface area contributed by atoms with Crippen molar-refractivity contribution in [2.24, 2.45) is 0 Å². The van der Waals surface area contributed by atoms with Crippen LogP contribution in [0.1, 0.15) is 20.8 Å². The fraction of sp³-hybridized carbons (Fsp3) is 0.778. The van der Waals surface area contributed by atoms with Crippen molar-refractivity contribution in [1.82, 2.24) is 10.6 Å². The SMILES string of the molecule is CC(C)(C)OC(=O)C1NCCNC1=O. The third kappa shape index (κ3) is 2.99. The lowest BCUT2D eigenvalue weighted by atomic mass is 10.1. The van der Waals surface area contributed by atoms with E-state index in [4.69, 9.17) is 4.74 Å². The zero-order chi connectivity index (χ0) is 10.8. The topological polar surface area (TPSA) is 67.4 Å². The van der Waals surface area contributed by atoms with Crippen molar-refractivity contribution in [2.45, 2.75) is 32.4 Å². The van der Waals surface area contributed by atoms with Crippen LogP contribution in [0.4, 0.5) is 0 Å². The number of hydrogen-bond donors (Lipinski definition) is 2. The molecule has 1 saturated heterocycles. The molecule has 0 aromatic rings. The maximum absolute atomic E-state index is 11.5. The molecular formula is C9H16N2O3. The van der Waals surface area contributed by atoms with Crippen LogP contribution < -0.4 is 10.6 Å². The highest BCUT2D eigenvalue weighted by Crippen LogP contribution is 2.08. The van der Waals surface area contributed by atoms with Gasteiger partial charge in [-0.2, -0.15) is 0 Å². The van der Waals surface area contributed by atoms with E-state index in [1.165, 1.54) is 0 Å². The zero-order valence-corrected chi connectivity index (χ0v) is 8.72. The van der Waals surface area contributed by atoms with Crippen molar-refractivity contribution in [3.8, 4) is 0 Å². The standard InChI is InChI=1S/C9H16N2O3/c1-9(2,3)14-8(13)6-7(12)11-5-4-10-6/h6,10H,4-5H2,1-3H3,(H,11,12). The second kappa shape index (κ2) is 3.96. The molecule has 5 nitrogen and oxygen atoms in total. The minimum atomic E-state index is -0.858. The van der Waals surface area contributed by atoms with Gasteiger partial charge in [0.15, 0.2) is 6.04 Å². The van der Waals surface area contributed by atoms with Crippen molar-refractivity contribution < 1.29 is 14.3 Å². The molecule has 1 aliphatic heterocycles. The fourth-order valence-corrected chi connectivity index (χ4v) is 1.15. The van der Waals surface area contributed by atoms with Crippen molar-refractivity contribution in [3.63, 3.8) is 0 Å². The number of hydrogen-bond acceptors (Lipinski definition) is 4. The van der Waals surface area contributed by atoms with Gasteiger partial charge in [-0.05, 0) is 20.8 Å². The zero-order valence-electron chi connectivity index (χ0n) is 8.72. The van der Waals surface area contributed by atoms with E-state index >= 15 is 0 Å². The normalized spacial score (nSPS) is 22.8. The minimum Gasteiger partial charge on any atom is -0.458 e. The molecule has 1 unspecified atom stereocenters. The Hall–Kier alpha value is -1.10. The maximum Gasteiger partial charge on any atom is 0.333 e. The van der Waals surface area contributed by atoms with Crippen LogP contribution in [0, 0.1) is 0 Å². The van der Waals surface area contributed by atoms with Crippen LogP contribution in [-0.4, -0.2) is 36.6 Å². The van der Waals surface area contributed by atoms with Crippen LogP contribution in [0.15, 0.2) is 0 Å². The van der Waals surface area contributed by atoms with Crippen LogP contribution in [0.25, 0.3) is 0 Å². The number of rotatable bonds is 1. The summed E-state index contributed by atoms with van der Waals surface area (Å²) in [6.45, 7) is 6.46. The quantitative estimate of drug-likeness (QED) is 0.439. The minimum absolute atomic E-state index is 0.314. The number of carbonyl (C=O) groups excluding carboxylic acids is 2. The number of piperazine rings is 1. The smallest absolute Gasteiger partial charge is 0.333 e. The van der Waals surface area contributed by atoms with E-state index < -0.39 is 17.6 Å². The summed E-state index contributed by atoms with van der Waals surface area (Å²) in [5.41, 5.74) is -0.559. The van der Waals surface area contributed by atoms with Crippen molar-refractivity contribution >= 4 is 11.9 Å². The Kier molecular flexibility index (Phi) is 3.10. The van der Waals surface area contributed by atoms with E-state index in [1.54, 1.807) is 20.8 Å². The van der Waals surface area contributed by atoms with E-state index in [9.17, 15) is 9.59 Å². The van der Waals surface area contributed by atoms with Gasteiger partial charge in [0.05, 0.1) is 0 Å². The first-order valence-electron chi connectivity index (χ1n) is 4.64. The van der Waals surface area contributed by atoms with Crippen LogP contribution in [0.3, 0.4) is 0 Å². The molecule has 0 saturated carbocycles. The highest BCUT2D eigenvalue weighted by Gasteiger charge is 2.32. The third-order valence-electron chi connectivity index (χ3n) is 1.68. The lowest BCUT2D eigenvalue weighted by molar-refractivity contribution is -0.160. The molecule has 5 heteroatoms. The van der Waals surface area contributed by atoms with Gasteiger partial charge in [0.1, 0.15) is 5.60 Å². The monoisotopic (exact) mass is 200 g/mol. The average molecular weight is 200 g/mol. The highest BCUT2D eigenvalue weighted by molar-refractivity contribution is 6.02. The molecule has 0 radical (unpaired) electrons. The molecule has 0 bridgehead atoms. The second-order valence-electron chi connectivity index (χ2n) is 4.21. The van der Waals surface area contributed by atoms with Gasteiger partial charge in [0, 0.05) is 13.1 Å². The Morgan fingerprint density at radius 3 is 2.57 bits per heavy atom. The van der Waals surface area contributed by atoms with Gasteiger partial charge < -0.3 is 10.1 Å². The Morgan fingerprint density at radius 2 is 2.07 bits per heavy atom. The predicted molar refractivity (Wildman–Crippen MR) is 50.6 cm³/mol. The Balaban J connectivity index is 2.55. The summed E-state index contributed by atoms with van der Waals surface area (Å²) in [5, 5.41) is 5.40. The molecule has 0 aliphatic carbocycles. The molecule has 1 aliphatic rings. The van der Waals surface area contributed by atoms with Gasteiger partial charge in [-0.15, -0.1) is 0 Å². The number of carbonyl (C=O) groups is 2. The van der Waals surface area contributed by atoms with Gasteiger partial charge in [-0.1, -0.05) is 0 Å². The first-order chi connectivity index (χ1) is 6.40. The van der Waals surface area contributed by atoms with Crippen LogP contribution in [0.2, 0.25) is 0 Å². The van der Waals surface area contributed by atoms with Crippen LogP contribution in [-0.2, 0) is 14.3 Å². The van der Waals surface area contributed by atoms with Crippen molar-refractivity contribution in [3.05, 3.63) is 0 Å². The molecule has 1 heterocycles. The molecule has 0 aromatic carbocycles. The number of esters is 1. The molecule has 1 rings (SSSR count). The first kappa shape index (κ1) is 11.0. The first-order valence-corrected chi connectivity index (χ1v) is 4.64. The Bertz CT molecular complexity index is 245. The Labute approximate surface area is 83.2 Å². The van der Waals surface area contributed by atoms with Gasteiger partial charge in [-0.25, -0.2) is 4.79 Å². The highest BCUT2D eigenvalue weighted by atomic mass is 16.6. The van der Waals surface area contributed by atoms with Crippen molar-refractivity contribution in [2.75, 3.05) is 13.1 Å². The van der Waals surface area contributed by atoms with Gasteiger partial charge in [-0.3, -0.25) is 10.1 Å². The van der Waals surface area contributed by atoms with Gasteiger partial charge in [0.2, 0.25) is 5.91 Å². The summed E-state index contributed by atoms with van der Waals surface area (Å²) < 4.78 is 5.09. The number of nitrogens with one attached hydrogen (secondary N) is 2. The van der Waals surface area contributed by atoms with E-state index in [2.05, 4.69) is 10.6 Å². The molecular weight excluding hydrogens is 184 g/mol. The van der Waals surface area contributed by atoms with Crippen LogP contribution >= 0.6 is 0 Å². The number of amides is 1. The molecule has 2 N–H and O–H groups in total. The molecule has 80 valence electrons. The van der Waals surface area contributed by atoms with E-state index in [1.807, 2.05) is 0 Å². The molecule has 1 fully saturated rings. The summed E-state index contributed by atoms with van der Waals surface area (Å²) in [6, 6.07) is -0.858. The van der Waals surface area contributed by atoms with E-state index in [0.29, 0.717) is 13.1 Å². The summed E-state index contributed by atoms with van der Waals surface area (Å²) in [4.78, 5) is 22.7. The second-order valence-corrected chi connectivity index (χ2v) is 4.21. The Morgan fingerprint density at radius 1 is 1.43 bits per heavy atom. The predicted octanol–water partition coefficient (Wildman–Crippen LogP) is -0.584. The summed E-state index contributed by atoms with van der Waals surface area (Å²) in [6.07, 6.45) is 0. The third-order valence-corrected chi connectivity index (χ3v) is 1.68. The molecule has 14 heavy (non-hydrogen) atoms. The molecule has 0 spiro atoms. The average Bonchev–Trinajstić information content (AvgIpc) is 2.01. The lowest BCUT2D eigenvalue weighted by Gasteiger charge is -2.26. The fourth-order valence-electron chi connectivity index (χ4n) is 1.15. The van der Waals surface area contributed by atoms with Gasteiger partial charge >= 0.3 is 5.97 Å². The maximum atomic E-state index is 11.5. The summed E-state index contributed by atoms with van der Waals surface area (Å²) in [5.74, 6) is -0.833. The lowest BCUT2D eigenvalue weighted by Crippen LogP contribution is -2.57. The molecule has 1 atom stereocenters. The largest absolute Gasteiger partial charge is 0.458 e. The van der Waals surface area contributed by atoms with Crippen molar-refractivity contribution in [1.29, 1.82) is 0 Å². The van der Waals surface area contributed by atoms with E-state index in [-0.39, 0.29) is 5.91 Å². The molecule has 1 amide bonds. The number of ether oxygens (including phenoxy) is 1. The summed E-state index contributed by atoms with van der Waals surface area (Å²) in [7, 11) is 0. The summed E-state index contributed by atoms with van der Waals surface area (Å²) >= 11 is 0. The van der Waals surface area contributed by atoms with Gasteiger partial charge in [0.25, 0.3) is 0 Å². The van der Waals surface area contributed by atoms with Crippen LogP contribution in [0.5, 0.6) is 0 Å².